The molecule has 41 heavy (non-hydrogen) atoms. The minimum absolute atomic E-state index is 0.402. The van der Waals surface area contributed by atoms with E-state index in [2.05, 4.69) is 29.9 Å². The maximum Gasteiger partial charge on any atom is 0.247 e. The number of nitrogens with one attached hydrogen (secondary N) is 2. The second kappa shape index (κ2) is 13.3. The normalized spacial score (nSPS) is 10.9. The van der Waals surface area contributed by atoms with Crippen LogP contribution in [0.3, 0.4) is 0 Å². The van der Waals surface area contributed by atoms with Crippen LogP contribution in [0, 0.1) is 0 Å². The highest BCUT2D eigenvalue weighted by molar-refractivity contribution is 5.87. The van der Waals surface area contributed by atoms with Crippen molar-refractivity contribution in [1.82, 2.24) is 29.9 Å². The topological polar surface area (TPSA) is 137 Å². The molecule has 0 aliphatic heterocycles. The Morgan fingerprint density at radius 3 is 1.73 bits per heavy atom. The zero-order valence-corrected chi connectivity index (χ0v) is 22.5. The molecule has 6 rings (SSSR count). The molecule has 11 nitrogen and oxygen atoms in total. The lowest BCUT2D eigenvalue weighted by atomic mass is 10.3. The lowest BCUT2D eigenvalue weighted by Crippen LogP contribution is -2.09. The third-order valence-electron chi connectivity index (χ3n) is 5.74. The van der Waals surface area contributed by atoms with Gasteiger partial charge in [-0.3, -0.25) is 4.79 Å². The van der Waals surface area contributed by atoms with E-state index >= 15 is 0 Å². The summed E-state index contributed by atoms with van der Waals surface area (Å²) in [6, 6.07) is 22.4. The number of hydrogen-bond donors (Lipinski definition) is 2. The van der Waals surface area contributed by atoms with Crippen LogP contribution in [0.25, 0.3) is 22.1 Å². The van der Waals surface area contributed by atoms with Crippen LogP contribution in [0.5, 0.6) is 23.3 Å². The van der Waals surface area contributed by atoms with E-state index in [1.807, 2.05) is 80.6 Å². The summed E-state index contributed by atoms with van der Waals surface area (Å²) in [5.41, 5.74) is 3.98. The summed E-state index contributed by atoms with van der Waals surface area (Å²) in [4.78, 5) is 33.5. The van der Waals surface area contributed by atoms with E-state index in [0.717, 1.165) is 28.8 Å². The fourth-order valence-electron chi connectivity index (χ4n) is 3.95. The number of ether oxygens (including phenoxy) is 4. The predicted molar refractivity (Wildman–Crippen MR) is 152 cm³/mol. The van der Waals surface area contributed by atoms with Gasteiger partial charge in [0.15, 0.2) is 12.6 Å². The molecule has 2 aromatic carbocycles. The van der Waals surface area contributed by atoms with Crippen LogP contribution in [0.15, 0.2) is 85.5 Å². The van der Waals surface area contributed by atoms with Gasteiger partial charge in [0.25, 0.3) is 0 Å². The van der Waals surface area contributed by atoms with Gasteiger partial charge in [-0.2, -0.15) is 9.97 Å². The average molecular weight is 553 g/mol. The molecule has 0 amide bonds. The molecule has 4 heterocycles. The third kappa shape index (κ3) is 6.72. The first-order chi connectivity index (χ1) is 20.2. The number of fused-ring (bicyclic) bond motifs is 2. The Labute approximate surface area is 235 Å². The molecule has 0 aliphatic carbocycles. The average Bonchev–Trinajstić information content (AvgIpc) is 3.64. The molecule has 208 valence electrons. The summed E-state index contributed by atoms with van der Waals surface area (Å²) < 4.78 is 22.7. The predicted octanol–water partition coefficient (Wildman–Crippen LogP) is 6.38. The van der Waals surface area contributed by atoms with Gasteiger partial charge in [0.05, 0.1) is 22.4 Å². The van der Waals surface area contributed by atoms with Crippen LogP contribution in [-0.4, -0.2) is 49.4 Å². The van der Waals surface area contributed by atoms with Crippen LogP contribution < -0.4 is 9.47 Å². The fourth-order valence-corrected chi connectivity index (χ4v) is 3.95. The smallest absolute Gasteiger partial charge is 0.247 e. The van der Waals surface area contributed by atoms with Gasteiger partial charge in [-0.25, -0.2) is 9.97 Å². The summed E-state index contributed by atoms with van der Waals surface area (Å²) >= 11 is 0. The number of aromatic nitrogens is 6. The maximum absolute atomic E-state index is 10.7. The van der Waals surface area contributed by atoms with Crippen molar-refractivity contribution in [1.29, 1.82) is 0 Å². The van der Waals surface area contributed by atoms with Gasteiger partial charge in [-0.15, -0.1) is 0 Å². The van der Waals surface area contributed by atoms with Crippen LogP contribution in [-0.2, 0) is 9.47 Å². The Hall–Kier alpha value is -5.13. The molecular weight excluding hydrogens is 524 g/mol. The first-order valence-electron chi connectivity index (χ1n) is 13.0. The number of H-pyrrole nitrogens is 2. The van der Waals surface area contributed by atoms with Crippen molar-refractivity contribution in [2.24, 2.45) is 0 Å². The van der Waals surface area contributed by atoms with Crippen LogP contribution in [0.4, 0.5) is 0 Å². The molecule has 0 saturated carbocycles. The number of aromatic amines is 2. The lowest BCUT2D eigenvalue weighted by Gasteiger charge is -2.15. The van der Waals surface area contributed by atoms with Crippen molar-refractivity contribution in [3.8, 4) is 23.3 Å². The van der Waals surface area contributed by atoms with E-state index in [4.69, 9.17) is 18.9 Å². The van der Waals surface area contributed by atoms with Crippen molar-refractivity contribution < 1.29 is 23.7 Å². The second-order valence-corrected chi connectivity index (χ2v) is 8.52. The van der Waals surface area contributed by atoms with Crippen molar-refractivity contribution >= 4 is 28.4 Å². The van der Waals surface area contributed by atoms with Crippen LogP contribution in [0.1, 0.15) is 36.3 Å². The summed E-state index contributed by atoms with van der Waals surface area (Å²) in [6.45, 7) is 4.97. The van der Waals surface area contributed by atoms with E-state index in [1.165, 1.54) is 12.7 Å². The fraction of sp³-hybridized carbons (Fsp3) is 0.167. The molecule has 0 atom stereocenters. The number of hydrogen-bond acceptors (Lipinski definition) is 9. The first kappa shape index (κ1) is 27.4. The summed E-state index contributed by atoms with van der Waals surface area (Å²) in [5, 5.41) is 0. The van der Waals surface area contributed by atoms with Gasteiger partial charge in [-0.05, 0) is 50.2 Å². The number of benzene rings is 2. The van der Waals surface area contributed by atoms with Crippen molar-refractivity contribution in [2.45, 2.75) is 20.1 Å². The molecule has 11 heteroatoms. The van der Waals surface area contributed by atoms with E-state index in [-0.39, 0.29) is 0 Å². The molecule has 0 radical (unpaired) electrons. The van der Waals surface area contributed by atoms with Gasteiger partial charge in [0.2, 0.25) is 11.8 Å². The molecule has 6 aromatic rings. The van der Waals surface area contributed by atoms with Gasteiger partial charge in [0.1, 0.15) is 35.2 Å². The van der Waals surface area contributed by atoms with Gasteiger partial charge >= 0.3 is 0 Å². The highest BCUT2D eigenvalue weighted by Gasteiger charge is 2.17. The van der Waals surface area contributed by atoms with Crippen LogP contribution in [0.2, 0.25) is 0 Å². The third-order valence-corrected chi connectivity index (χ3v) is 5.74. The molecular formula is C30H28N6O5. The number of rotatable bonds is 10. The van der Waals surface area contributed by atoms with Crippen molar-refractivity contribution in [3.05, 3.63) is 96.8 Å². The second-order valence-electron chi connectivity index (χ2n) is 8.52. The monoisotopic (exact) mass is 552 g/mol. The Bertz CT molecular complexity index is 1700. The highest BCUT2D eigenvalue weighted by atomic mass is 16.7. The number of aldehydes is 1. The Morgan fingerprint density at radius 1 is 0.707 bits per heavy atom. The summed E-state index contributed by atoms with van der Waals surface area (Å²) in [6.07, 6.45) is 3.16. The number of carbonyl (C=O) groups excluding carboxylic acids is 1. The van der Waals surface area contributed by atoms with E-state index in [1.54, 1.807) is 6.07 Å². The van der Waals surface area contributed by atoms with Crippen LogP contribution >= 0.6 is 0 Å². The lowest BCUT2D eigenvalue weighted by molar-refractivity contribution is -0.142. The SMILES string of the molecule is CCOC(OCC)c1cc2ncnc(Oc3ccccc3)c2[nH]1.O=Cc1cc2ncnc(Oc3ccccc3)c2[nH]1. The molecule has 4 aromatic heterocycles. The van der Waals surface area contributed by atoms with E-state index in [9.17, 15) is 4.79 Å². The molecule has 0 bridgehead atoms. The maximum atomic E-state index is 10.7. The van der Waals surface area contributed by atoms with Gasteiger partial charge < -0.3 is 28.9 Å². The molecule has 0 aliphatic rings. The largest absolute Gasteiger partial charge is 0.437 e. The Kier molecular flexibility index (Phi) is 8.89. The first-order valence-corrected chi connectivity index (χ1v) is 13.0. The number of para-hydroxylation sites is 2. The van der Waals surface area contributed by atoms with Gasteiger partial charge in [0, 0.05) is 13.2 Å². The summed E-state index contributed by atoms with van der Waals surface area (Å²) in [7, 11) is 0. The van der Waals surface area contributed by atoms with Crippen molar-refractivity contribution in [3.63, 3.8) is 0 Å². The number of nitrogens with zero attached hydrogens (tertiary/aromatic N) is 4. The molecule has 0 saturated heterocycles. The Balaban J connectivity index is 0.000000169. The molecule has 0 fully saturated rings. The molecule has 0 unspecified atom stereocenters. The zero-order valence-electron chi connectivity index (χ0n) is 22.5. The Morgan fingerprint density at radius 2 is 1.22 bits per heavy atom. The summed E-state index contributed by atoms with van der Waals surface area (Å²) in [5.74, 6) is 2.27. The number of carbonyl (C=O) groups is 1. The zero-order chi connectivity index (χ0) is 28.4. The standard InChI is InChI=1S/C17H19N3O3.C13H9N3O2/c1-3-21-17(22-4-2)14-10-13-15(20-14)16(19-11-18-13)23-12-8-6-5-7-9-12;17-7-9-6-11-12(16-9)13(15-8-14-11)18-10-4-2-1-3-5-10/h5-11,17,20H,3-4H2,1-2H3;1-8,16H. The quantitative estimate of drug-likeness (QED) is 0.146. The van der Waals surface area contributed by atoms with Crippen molar-refractivity contribution in [2.75, 3.05) is 13.2 Å². The minimum Gasteiger partial charge on any atom is -0.437 e. The molecule has 2 N–H and O–H groups in total. The van der Waals surface area contributed by atoms with E-state index in [0.29, 0.717) is 47.5 Å². The van der Waals surface area contributed by atoms with E-state index < -0.39 is 6.29 Å². The van der Waals surface area contributed by atoms with Gasteiger partial charge in [-0.1, -0.05) is 36.4 Å². The highest BCUT2D eigenvalue weighted by Crippen LogP contribution is 2.29. The molecule has 0 spiro atoms. The minimum atomic E-state index is -0.455.